The van der Waals surface area contributed by atoms with Gasteiger partial charge in [-0.15, -0.1) is 0 Å². The van der Waals surface area contributed by atoms with Crippen molar-refractivity contribution < 1.29 is 9.18 Å². The van der Waals surface area contributed by atoms with E-state index < -0.39 is 5.82 Å². The molecule has 0 unspecified atom stereocenters. The van der Waals surface area contributed by atoms with Crippen LogP contribution in [0.2, 0.25) is 0 Å². The van der Waals surface area contributed by atoms with Crippen LogP contribution in [-0.2, 0) is 6.54 Å². The van der Waals surface area contributed by atoms with Crippen molar-refractivity contribution in [3.05, 3.63) is 62.6 Å². The minimum absolute atomic E-state index is 0.256. The lowest BCUT2D eigenvalue weighted by molar-refractivity contribution is 0.0786. The first-order chi connectivity index (χ1) is 10.9. The van der Waals surface area contributed by atoms with Gasteiger partial charge in [0, 0.05) is 18.1 Å². The number of amides is 1. The van der Waals surface area contributed by atoms with Gasteiger partial charge in [0.15, 0.2) is 4.77 Å². The van der Waals surface area contributed by atoms with Crippen molar-refractivity contribution in [2.24, 2.45) is 0 Å². The van der Waals surface area contributed by atoms with Crippen LogP contribution >= 0.6 is 28.1 Å². The zero-order chi connectivity index (χ0) is 16.6. The third kappa shape index (κ3) is 3.35. The van der Waals surface area contributed by atoms with Gasteiger partial charge in [0.2, 0.25) is 0 Å². The van der Waals surface area contributed by atoms with Crippen LogP contribution in [0.4, 0.5) is 4.39 Å². The van der Waals surface area contributed by atoms with Crippen molar-refractivity contribution in [3.8, 4) is 0 Å². The minimum Gasteiger partial charge on any atom is -0.337 e. The van der Waals surface area contributed by atoms with Gasteiger partial charge < -0.3 is 14.9 Å². The monoisotopic (exact) mass is 393 g/mol. The number of nitrogens with one attached hydrogen (secondary N) is 2. The maximum Gasteiger partial charge on any atom is 0.256 e. The summed E-state index contributed by atoms with van der Waals surface area (Å²) >= 11 is 8.40. The van der Waals surface area contributed by atoms with Gasteiger partial charge >= 0.3 is 0 Å². The fraction of sp³-hybridized carbons (Fsp3) is 0.125. The maximum atomic E-state index is 13.8. The Balaban J connectivity index is 1.93. The first-order valence-electron chi connectivity index (χ1n) is 6.85. The zero-order valence-corrected chi connectivity index (χ0v) is 14.6. The summed E-state index contributed by atoms with van der Waals surface area (Å²) in [7, 11) is 1.68. The van der Waals surface area contributed by atoms with Gasteiger partial charge in [-0.05, 0) is 42.0 Å². The number of H-pyrrole nitrogens is 2. The summed E-state index contributed by atoms with van der Waals surface area (Å²) in [4.78, 5) is 19.9. The standard InChI is InChI=1S/C16H13BrFN3OS/c1-21(8-9-2-4-10(17)5-3-9)15(22)12-6-11(18)7-13-14(12)20-16(23)19-13/h2-7H,8H2,1H3,(H2,19,20,23). The molecule has 0 radical (unpaired) electrons. The molecule has 1 amide bonds. The molecule has 0 saturated heterocycles. The van der Waals surface area contributed by atoms with E-state index in [1.807, 2.05) is 24.3 Å². The quantitative estimate of drug-likeness (QED) is 0.647. The summed E-state index contributed by atoms with van der Waals surface area (Å²) in [5.74, 6) is -0.759. The number of imidazole rings is 1. The molecule has 0 aliphatic heterocycles. The number of fused-ring (bicyclic) bond motifs is 1. The van der Waals surface area contributed by atoms with Gasteiger partial charge in [0.05, 0.1) is 16.6 Å². The number of benzene rings is 2. The molecule has 3 aromatic rings. The Morgan fingerprint density at radius 1 is 1.26 bits per heavy atom. The van der Waals surface area contributed by atoms with Crippen molar-refractivity contribution in [2.45, 2.75) is 6.54 Å². The van der Waals surface area contributed by atoms with Crippen LogP contribution < -0.4 is 0 Å². The highest BCUT2D eigenvalue weighted by atomic mass is 79.9. The van der Waals surface area contributed by atoms with Crippen LogP contribution in [0.15, 0.2) is 40.9 Å². The number of hydrogen-bond acceptors (Lipinski definition) is 2. The second-order valence-electron chi connectivity index (χ2n) is 5.24. The predicted molar refractivity (Wildman–Crippen MR) is 93.4 cm³/mol. The zero-order valence-electron chi connectivity index (χ0n) is 12.2. The molecule has 3 rings (SSSR count). The minimum atomic E-state index is -0.483. The summed E-state index contributed by atoms with van der Waals surface area (Å²) in [5.41, 5.74) is 2.24. The molecule has 0 saturated carbocycles. The summed E-state index contributed by atoms with van der Waals surface area (Å²) in [6, 6.07) is 10.2. The molecule has 2 aromatic carbocycles. The van der Waals surface area contributed by atoms with E-state index in [1.165, 1.54) is 12.1 Å². The van der Waals surface area contributed by atoms with Gasteiger partial charge in [-0.1, -0.05) is 28.1 Å². The molecule has 0 aliphatic rings. The molecule has 0 aliphatic carbocycles. The fourth-order valence-electron chi connectivity index (χ4n) is 2.42. The van der Waals surface area contributed by atoms with Gasteiger partial charge in [0.1, 0.15) is 5.82 Å². The first kappa shape index (κ1) is 15.9. The highest BCUT2D eigenvalue weighted by Gasteiger charge is 2.18. The Hall–Kier alpha value is -1.99. The van der Waals surface area contributed by atoms with E-state index in [9.17, 15) is 9.18 Å². The smallest absolute Gasteiger partial charge is 0.256 e. The van der Waals surface area contributed by atoms with Crippen LogP contribution in [0.25, 0.3) is 11.0 Å². The van der Waals surface area contributed by atoms with Gasteiger partial charge in [0.25, 0.3) is 5.91 Å². The fourth-order valence-corrected chi connectivity index (χ4v) is 2.89. The average Bonchev–Trinajstić information content (AvgIpc) is 2.88. The Bertz CT molecular complexity index is 933. The number of aromatic nitrogens is 2. The number of aromatic amines is 2. The largest absolute Gasteiger partial charge is 0.337 e. The number of nitrogens with zero attached hydrogens (tertiary/aromatic N) is 1. The van der Waals surface area contributed by atoms with E-state index in [0.29, 0.717) is 22.3 Å². The molecule has 0 fully saturated rings. The van der Waals surface area contributed by atoms with E-state index in [2.05, 4.69) is 25.9 Å². The SMILES string of the molecule is CN(Cc1ccc(Br)cc1)C(=O)c1cc(F)cc2[nH]c(=S)[nH]c12. The van der Waals surface area contributed by atoms with Gasteiger partial charge in [-0.25, -0.2) is 4.39 Å². The first-order valence-corrected chi connectivity index (χ1v) is 8.05. The highest BCUT2D eigenvalue weighted by Crippen LogP contribution is 2.20. The molecule has 0 atom stereocenters. The second-order valence-corrected chi connectivity index (χ2v) is 6.57. The topological polar surface area (TPSA) is 51.9 Å². The lowest BCUT2D eigenvalue weighted by Crippen LogP contribution is -2.26. The van der Waals surface area contributed by atoms with Crippen LogP contribution in [0.1, 0.15) is 15.9 Å². The third-order valence-corrected chi connectivity index (χ3v) is 4.23. The van der Waals surface area contributed by atoms with Crippen molar-refractivity contribution >= 4 is 45.1 Å². The Morgan fingerprint density at radius 2 is 1.96 bits per heavy atom. The van der Waals surface area contributed by atoms with E-state index >= 15 is 0 Å². The third-order valence-electron chi connectivity index (χ3n) is 3.50. The van der Waals surface area contributed by atoms with E-state index in [4.69, 9.17) is 12.2 Å². The van der Waals surface area contributed by atoms with E-state index in [0.717, 1.165) is 10.0 Å². The van der Waals surface area contributed by atoms with E-state index in [-0.39, 0.29) is 11.5 Å². The molecular formula is C16H13BrFN3OS. The Morgan fingerprint density at radius 3 is 2.65 bits per heavy atom. The van der Waals surface area contributed by atoms with Crippen LogP contribution in [0.3, 0.4) is 0 Å². The second kappa shape index (κ2) is 6.25. The van der Waals surface area contributed by atoms with Crippen molar-refractivity contribution in [2.75, 3.05) is 7.05 Å². The maximum absolute atomic E-state index is 13.8. The lowest BCUT2D eigenvalue weighted by Gasteiger charge is -2.18. The number of halogens is 2. The Kier molecular flexibility index (Phi) is 4.32. The van der Waals surface area contributed by atoms with Gasteiger partial charge in [-0.3, -0.25) is 4.79 Å². The molecule has 0 bridgehead atoms. The summed E-state index contributed by atoms with van der Waals surface area (Å²) < 4.78 is 15.1. The molecule has 4 nitrogen and oxygen atoms in total. The molecular weight excluding hydrogens is 381 g/mol. The lowest BCUT2D eigenvalue weighted by atomic mass is 10.1. The summed E-state index contributed by atoms with van der Waals surface area (Å²) in [5, 5.41) is 0. The van der Waals surface area contributed by atoms with Crippen molar-refractivity contribution in [1.82, 2.24) is 14.9 Å². The average molecular weight is 394 g/mol. The molecule has 1 heterocycles. The molecule has 1 aromatic heterocycles. The predicted octanol–water partition coefficient (Wildman–Crippen LogP) is 4.40. The number of rotatable bonds is 3. The van der Waals surface area contributed by atoms with Crippen LogP contribution in [0.5, 0.6) is 0 Å². The molecule has 118 valence electrons. The molecule has 23 heavy (non-hydrogen) atoms. The highest BCUT2D eigenvalue weighted by molar-refractivity contribution is 9.10. The van der Waals surface area contributed by atoms with Crippen molar-refractivity contribution in [3.63, 3.8) is 0 Å². The van der Waals surface area contributed by atoms with Crippen molar-refractivity contribution in [1.29, 1.82) is 0 Å². The van der Waals surface area contributed by atoms with Crippen LogP contribution in [0, 0.1) is 10.6 Å². The van der Waals surface area contributed by atoms with Gasteiger partial charge in [-0.2, -0.15) is 0 Å². The normalized spacial score (nSPS) is 10.9. The molecule has 7 heteroatoms. The number of carbonyl (C=O) groups excluding carboxylic acids is 1. The van der Waals surface area contributed by atoms with E-state index in [1.54, 1.807) is 11.9 Å². The summed E-state index contributed by atoms with van der Waals surface area (Å²) in [6.07, 6.45) is 0. The number of carbonyl (C=O) groups is 1. The molecule has 0 spiro atoms. The summed E-state index contributed by atoms with van der Waals surface area (Å²) in [6.45, 7) is 0.426. The van der Waals surface area contributed by atoms with Crippen LogP contribution in [-0.4, -0.2) is 27.8 Å². The number of hydrogen-bond donors (Lipinski definition) is 2. The molecule has 2 N–H and O–H groups in total. The Labute approximate surface area is 145 Å².